The van der Waals surface area contributed by atoms with E-state index in [2.05, 4.69) is 15.5 Å². The summed E-state index contributed by atoms with van der Waals surface area (Å²) in [7, 11) is 0. The van der Waals surface area contributed by atoms with Gasteiger partial charge in [0.25, 0.3) is 0 Å². The number of nitrogens with zero attached hydrogens (tertiary/aromatic N) is 1. The first-order valence-corrected chi connectivity index (χ1v) is 9.78. The molecule has 0 saturated carbocycles. The Bertz CT molecular complexity index is 797. The van der Waals surface area contributed by atoms with Gasteiger partial charge in [-0.25, -0.2) is 4.79 Å². The fourth-order valence-corrected chi connectivity index (χ4v) is 3.39. The van der Waals surface area contributed by atoms with Crippen molar-refractivity contribution in [2.24, 2.45) is 0 Å². The lowest BCUT2D eigenvalue weighted by molar-refractivity contribution is -0.117. The summed E-state index contributed by atoms with van der Waals surface area (Å²) in [5.74, 6) is -0.907. The first-order chi connectivity index (χ1) is 13.6. The molecule has 1 aliphatic heterocycles. The minimum absolute atomic E-state index is 0.0214. The number of aromatic carboxylic acids is 1. The van der Waals surface area contributed by atoms with Crippen molar-refractivity contribution in [3.05, 3.63) is 59.7 Å². The van der Waals surface area contributed by atoms with Gasteiger partial charge in [0.2, 0.25) is 5.91 Å². The monoisotopic (exact) mass is 381 g/mol. The molecule has 0 spiro atoms. The van der Waals surface area contributed by atoms with E-state index >= 15 is 0 Å². The number of benzene rings is 2. The normalized spacial score (nSPS) is 14.9. The van der Waals surface area contributed by atoms with Gasteiger partial charge in [0, 0.05) is 17.9 Å². The van der Waals surface area contributed by atoms with Crippen LogP contribution in [-0.2, 0) is 11.3 Å². The van der Waals surface area contributed by atoms with Gasteiger partial charge in [-0.1, -0.05) is 25.0 Å². The number of likely N-dealkylation sites (tertiary alicyclic amines) is 1. The molecule has 0 atom stereocenters. The molecule has 148 valence electrons. The highest BCUT2D eigenvalue weighted by Gasteiger charge is 2.13. The minimum Gasteiger partial charge on any atom is -0.478 e. The highest BCUT2D eigenvalue weighted by Crippen LogP contribution is 2.16. The molecular formula is C22H27N3O3. The maximum atomic E-state index is 12.3. The standard InChI is InChI=1S/C22H27N3O3/c26-21(16-25-12-3-1-2-4-13-25)24-20-10-8-19(9-11-20)23-15-17-6-5-7-18(14-17)22(27)28/h5-11,14,23H,1-4,12-13,15-16H2,(H,24,26)(H,27,28). The van der Waals surface area contributed by atoms with E-state index in [1.165, 1.54) is 25.7 Å². The molecule has 1 amide bonds. The summed E-state index contributed by atoms with van der Waals surface area (Å²) in [5, 5.41) is 15.3. The van der Waals surface area contributed by atoms with Crippen LogP contribution in [0.25, 0.3) is 0 Å². The van der Waals surface area contributed by atoms with Crippen LogP contribution in [0.2, 0.25) is 0 Å². The van der Waals surface area contributed by atoms with Crippen molar-refractivity contribution >= 4 is 23.3 Å². The summed E-state index contributed by atoms with van der Waals surface area (Å²) < 4.78 is 0. The summed E-state index contributed by atoms with van der Waals surface area (Å²) >= 11 is 0. The van der Waals surface area contributed by atoms with Crippen molar-refractivity contribution in [3.8, 4) is 0 Å². The molecule has 1 saturated heterocycles. The largest absolute Gasteiger partial charge is 0.478 e. The maximum Gasteiger partial charge on any atom is 0.335 e. The first kappa shape index (κ1) is 19.9. The third kappa shape index (κ3) is 6.09. The van der Waals surface area contributed by atoms with E-state index in [-0.39, 0.29) is 11.5 Å². The highest BCUT2D eigenvalue weighted by molar-refractivity contribution is 5.92. The third-order valence-electron chi connectivity index (χ3n) is 4.91. The number of anilines is 2. The fourth-order valence-electron chi connectivity index (χ4n) is 3.39. The lowest BCUT2D eigenvalue weighted by Crippen LogP contribution is -2.33. The molecule has 28 heavy (non-hydrogen) atoms. The SMILES string of the molecule is O=C(CN1CCCCCC1)Nc1ccc(NCc2cccc(C(=O)O)c2)cc1. The molecule has 0 aromatic heterocycles. The number of carboxylic acid groups (broad SMARTS) is 1. The Kier molecular flexibility index (Phi) is 7.03. The van der Waals surface area contributed by atoms with Crippen molar-refractivity contribution in [1.82, 2.24) is 4.90 Å². The number of hydrogen-bond donors (Lipinski definition) is 3. The van der Waals surface area contributed by atoms with Crippen LogP contribution in [0.5, 0.6) is 0 Å². The molecular weight excluding hydrogens is 354 g/mol. The molecule has 1 heterocycles. The highest BCUT2D eigenvalue weighted by atomic mass is 16.4. The van der Waals surface area contributed by atoms with Crippen molar-refractivity contribution in [1.29, 1.82) is 0 Å². The number of carbonyl (C=O) groups is 2. The molecule has 1 fully saturated rings. The molecule has 6 heteroatoms. The van der Waals surface area contributed by atoms with Crippen LogP contribution in [0.1, 0.15) is 41.6 Å². The summed E-state index contributed by atoms with van der Waals surface area (Å²) in [5.41, 5.74) is 2.86. The van der Waals surface area contributed by atoms with Crippen LogP contribution >= 0.6 is 0 Å². The van der Waals surface area contributed by atoms with E-state index in [4.69, 9.17) is 5.11 Å². The Hall–Kier alpha value is -2.86. The predicted octanol–water partition coefficient (Wildman–Crippen LogP) is 3.81. The van der Waals surface area contributed by atoms with Crippen molar-refractivity contribution in [3.63, 3.8) is 0 Å². The fraction of sp³-hybridized carbons (Fsp3) is 0.364. The van der Waals surface area contributed by atoms with Gasteiger partial charge in [0.1, 0.15) is 0 Å². The molecule has 6 nitrogen and oxygen atoms in total. The number of carboxylic acids is 1. The Morgan fingerprint density at radius 1 is 0.929 bits per heavy atom. The van der Waals surface area contributed by atoms with Crippen LogP contribution in [0.3, 0.4) is 0 Å². The first-order valence-electron chi connectivity index (χ1n) is 9.78. The Balaban J connectivity index is 1.48. The van der Waals surface area contributed by atoms with Crippen LogP contribution in [0.15, 0.2) is 48.5 Å². The summed E-state index contributed by atoms with van der Waals surface area (Å²) in [4.78, 5) is 25.5. The molecule has 2 aromatic carbocycles. The number of carbonyl (C=O) groups excluding carboxylic acids is 1. The third-order valence-corrected chi connectivity index (χ3v) is 4.91. The number of rotatable bonds is 7. The van der Waals surface area contributed by atoms with Gasteiger partial charge in [0.05, 0.1) is 12.1 Å². The molecule has 2 aromatic rings. The molecule has 0 radical (unpaired) electrons. The van der Waals surface area contributed by atoms with Gasteiger partial charge in [0.15, 0.2) is 0 Å². The average Bonchev–Trinajstić information content (AvgIpc) is 2.96. The Labute approximate surface area is 165 Å². The van der Waals surface area contributed by atoms with Crippen molar-refractivity contribution < 1.29 is 14.7 Å². The summed E-state index contributed by atoms with van der Waals surface area (Å²) in [6.45, 7) is 2.97. The second kappa shape index (κ2) is 9.90. The average molecular weight is 381 g/mol. The van der Waals surface area contributed by atoms with Crippen molar-refractivity contribution in [2.45, 2.75) is 32.2 Å². The molecule has 0 bridgehead atoms. The lowest BCUT2D eigenvalue weighted by Gasteiger charge is -2.19. The van der Waals surface area contributed by atoms with E-state index in [0.717, 1.165) is 30.0 Å². The van der Waals surface area contributed by atoms with E-state index in [0.29, 0.717) is 13.1 Å². The van der Waals surface area contributed by atoms with E-state index in [1.807, 2.05) is 30.3 Å². The Morgan fingerprint density at radius 2 is 1.61 bits per heavy atom. The second-order valence-corrected chi connectivity index (χ2v) is 7.17. The summed E-state index contributed by atoms with van der Waals surface area (Å²) in [6.07, 6.45) is 4.85. The number of nitrogens with one attached hydrogen (secondary N) is 2. The second-order valence-electron chi connectivity index (χ2n) is 7.17. The Morgan fingerprint density at radius 3 is 2.29 bits per heavy atom. The molecule has 0 unspecified atom stereocenters. The van der Waals surface area contributed by atoms with E-state index in [1.54, 1.807) is 18.2 Å². The molecule has 1 aliphatic rings. The van der Waals surface area contributed by atoms with Crippen LogP contribution in [0.4, 0.5) is 11.4 Å². The van der Waals surface area contributed by atoms with Crippen LogP contribution < -0.4 is 10.6 Å². The van der Waals surface area contributed by atoms with Crippen molar-refractivity contribution in [2.75, 3.05) is 30.3 Å². The number of amides is 1. The van der Waals surface area contributed by atoms with Gasteiger partial charge < -0.3 is 15.7 Å². The zero-order valence-corrected chi connectivity index (χ0v) is 16.0. The molecule has 0 aliphatic carbocycles. The van der Waals surface area contributed by atoms with Gasteiger partial charge in [-0.3, -0.25) is 9.69 Å². The van der Waals surface area contributed by atoms with E-state index < -0.39 is 5.97 Å². The molecule has 3 N–H and O–H groups in total. The summed E-state index contributed by atoms with van der Waals surface area (Å²) in [6, 6.07) is 14.4. The zero-order chi connectivity index (χ0) is 19.8. The van der Waals surface area contributed by atoms with Crippen LogP contribution in [0, 0.1) is 0 Å². The molecule has 3 rings (SSSR count). The van der Waals surface area contributed by atoms with Crippen LogP contribution in [-0.4, -0.2) is 41.5 Å². The maximum absolute atomic E-state index is 12.3. The van der Waals surface area contributed by atoms with Gasteiger partial charge in [-0.05, 0) is 67.9 Å². The number of hydrogen-bond acceptors (Lipinski definition) is 4. The quantitative estimate of drug-likeness (QED) is 0.679. The minimum atomic E-state index is -0.929. The lowest BCUT2D eigenvalue weighted by atomic mass is 10.1. The van der Waals surface area contributed by atoms with E-state index in [9.17, 15) is 9.59 Å². The smallest absolute Gasteiger partial charge is 0.335 e. The van der Waals surface area contributed by atoms with Gasteiger partial charge in [-0.2, -0.15) is 0 Å². The zero-order valence-electron chi connectivity index (χ0n) is 16.0. The predicted molar refractivity (Wildman–Crippen MR) is 111 cm³/mol. The van der Waals surface area contributed by atoms with Gasteiger partial charge in [-0.15, -0.1) is 0 Å². The topological polar surface area (TPSA) is 81.7 Å². The van der Waals surface area contributed by atoms with Gasteiger partial charge >= 0.3 is 5.97 Å².